The predicted molar refractivity (Wildman–Crippen MR) is 57.7 cm³/mol. The summed E-state index contributed by atoms with van der Waals surface area (Å²) in [6.07, 6.45) is 0.228. The van der Waals surface area contributed by atoms with Crippen LogP contribution in [0.2, 0.25) is 0 Å². The van der Waals surface area contributed by atoms with Crippen LogP contribution in [0, 0.1) is 0 Å². The summed E-state index contributed by atoms with van der Waals surface area (Å²) in [5.41, 5.74) is 0.759. The lowest BCUT2D eigenvalue weighted by atomic mass is 10.1. The third-order valence-corrected chi connectivity index (χ3v) is 2.59. The van der Waals surface area contributed by atoms with E-state index in [0.717, 1.165) is 17.7 Å². The standard InChI is InChI=1S/C11H13ClO3/c12-7-9(13)8-2-3-10-11(6-8)15-5-1-4-14-10/h2-3,6,9,13H,1,4-5,7H2. The number of alkyl halides is 1. The number of aliphatic hydroxyl groups is 1. The van der Waals surface area contributed by atoms with Crippen LogP contribution in [0.5, 0.6) is 11.5 Å². The molecule has 0 saturated heterocycles. The van der Waals surface area contributed by atoms with Crippen molar-refractivity contribution in [2.45, 2.75) is 12.5 Å². The van der Waals surface area contributed by atoms with Gasteiger partial charge in [-0.05, 0) is 17.7 Å². The lowest BCUT2D eigenvalue weighted by Crippen LogP contribution is -2.00. The normalized spacial score (nSPS) is 16.9. The monoisotopic (exact) mass is 228 g/mol. The number of fused-ring (bicyclic) bond motifs is 1. The van der Waals surface area contributed by atoms with E-state index in [1.807, 2.05) is 6.07 Å². The summed E-state index contributed by atoms with van der Waals surface area (Å²) in [5.74, 6) is 1.60. The number of ether oxygens (including phenoxy) is 2. The van der Waals surface area contributed by atoms with Crippen molar-refractivity contribution >= 4 is 11.6 Å². The molecule has 1 aromatic carbocycles. The van der Waals surface area contributed by atoms with E-state index in [1.165, 1.54) is 0 Å². The minimum Gasteiger partial charge on any atom is -0.490 e. The minimum atomic E-state index is -0.649. The number of hydrogen-bond donors (Lipinski definition) is 1. The van der Waals surface area contributed by atoms with E-state index in [9.17, 15) is 5.11 Å². The van der Waals surface area contributed by atoms with Crippen LogP contribution in [0.1, 0.15) is 18.1 Å². The van der Waals surface area contributed by atoms with Crippen molar-refractivity contribution in [1.82, 2.24) is 0 Å². The molecule has 0 amide bonds. The van der Waals surface area contributed by atoms with Crippen molar-refractivity contribution in [3.8, 4) is 11.5 Å². The van der Waals surface area contributed by atoms with Crippen LogP contribution < -0.4 is 9.47 Å². The minimum absolute atomic E-state index is 0.180. The Morgan fingerprint density at radius 3 is 2.73 bits per heavy atom. The molecule has 0 spiro atoms. The summed E-state index contributed by atoms with van der Waals surface area (Å²) in [6, 6.07) is 5.40. The largest absolute Gasteiger partial charge is 0.490 e. The Bertz CT molecular complexity index is 341. The Balaban J connectivity index is 2.27. The highest BCUT2D eigenvalue weighted by molar-refractivity contribution is 6.18. The maximum Gasteiger partial charge on any atom is 0.161 e. The van der Waals surface area contributed by atoms with E-state index in [1.54, 1.807) is 12.1 Å². The first kappa shape index (κ1) is 10.6. The molecule has 1 heterocycles. The zero-order valence-corrected chi connectivity index (χ0v) is 9.04. The molecular weight excluding hydrogens is 216 g/mol. The van der Waals surface area contributed by atoms with Gasteiger partial charge in [-0.15, -0.1) is 11.6 Å². The molecule has 3 nitrogen and oxygen atoms in total. The predicted octanol–water partition coefficient (Wildman–Crippen LogP) is 2.12. The average molecular weight is 229 g/mol. The van der Waals surface area contributed by atoms with Crippen LogP contribution in [0.15, 0.2) is 18.2 Å². The van der Waals surface area contributed by atoms with Crippen molar-refractivity contribution < 1.29 is 14.6 Å². The Morgan fingerprint density at radius 2 is 2.00 bits per heavy atom. The van der Waals surface area contributed by atoms with E-state index in [-0.39, 0.29) is 5.88 Å². The highest BCUT2D eigenvalue weighted by atomic mass is 35.5. The maximum absolute atomic E-state index is 9.57. The van der Waals surface area contributed by atoms with Gasteiger partial charge in [0, 0.05) is 6.42 Å². The molecule has 82 valence electrons. The fourth-order valence-corrected chi connectivity index (χ4v) is 1.65. The third-order valence-electron chi connectivity index (χ3n) is 2.30. The fraction of sp³-hybridized carbons (Fsp3) is 0.455. The summed E-state index contributed by atoms with van der Waals surface area (Å²) < 4.78 is 11.0. The molecule has 4 heteroatoms. The molecule has 0 aromatic heterocycles. The van der Waals surface area contributed by atoms with Crippen LogP contribution in [0.25, 0.3) is 0 Å². The molecule has 1 unspecified atom stereocenters. The molecular formula is C11H13ClO3. The average Bonchev–Trinajstić information content (AvgIpc) is 2.51. The topological polar surface area (TPSA) is 38.7 Å². The van der Waals surface area contributed by atoms with Gasteiger partial charge in [-0.2, -0.15) is 0 Å². The highest BCUT2D eigenvalue weighted by Gasteiger charge is 2.13. The molecule has 0 fully saturated rings. The van der Waals surface area contributed by atoms with Gasteiger partial charge >= 0.3 is 0 Å². The van der Waals surface area contributed by atoms with Gasteiger partial charge in [0.05, 0.1) is 25.2 Å². The van der Waals surface area contributed by atoms with Crippen LogP contribution in [0.4, 0.5) is 0 Å². The number of halogens is 1. The molecule has 1 aliphatic rings. The van der Waals surface area contributed by atoms with Crippen LogP contribution in [-0.4, -0.2) is 24.2 Å². The van der Waals surface area contributed by atoms with Gasteiger partial charge in [0.15, 0.2) is 11.5 Å². The van der Waals surface area contributed by atoms with Crippen LogP contribution in [-0.2, 0) is 0 Å². The first-order valence-corrected chi connectivity index (χ1v) is 5.48. The van der Waals surface area contributed by atoms with Crippen molar-refractivity contribution in [2.24, 2.45) is 0 Å². The van der Waals surface area contributed by atoms with E-state index in [4.69, 9.17) is 21.1 Å². The summed E-state index contributed by atoms with van der Waals surface area (Å²) in [7, 11) is 0. The van der Waals surface area contributed by atoms with Crippen LogP contribution in [0.3, 0.4) is 0 Å². The smallest absolute Gasteiger partial charge is 0.161 e. The number of hydrogen-bond acceptors (Lipinski definition) is 3. The zero-order chi connectivity index (χ0) is 10.7. The summed E-state index contributed by atoms with van der Waals surface area (Å²) >= 11 is 5.58. The Labute approximate surface area is 93.6 Å². The molecule has 1 aromatic rings. The molecule has 0 bridgehead atoms. The molecule has 1 aliphatic heterocycles. The van der Waals surface area contributed by atoms with Crippen molar-refractivity contribution in [1.29, 1.82) is 0 Å². The van der Waals surface area contributed by atoms with E-state index in [2.05, 4.69) is 0 Å². The number of rotatable bonds is 2. The van der Waals surface area contributed by atoms with Gasteiger partial charge in [-0.1, -0.05) is 6.07 Å². The van der Waals surface area contributed by atoms with Gasteiger partial charge < -0.3 is 14.6 Å². The lowest BCUT2D eigenvalue weighted by molar-refractivity contribution is 0.202. The van der Waals surface area contributed by atoms with Gasteiger partial charge in [0.2, 0.25) is 0 Å². The van der Waals surface area contributed by atoms with Gasteiger partial charge in [-0.25, -0.2) is 0 Å². The number of aliphatic hydroxyl groups excluding tert-OH is 1. The highest BCUT2D eigenvalue weighted by Crippen LogP contribution is 2.32. The van der Waals surface area contributed by atoms with E-state index in [0.29, 0.717) is 19.0 Å². The van der Waals surface area contributed by atoms with E-state index >= 15 is 0 Å². The second kappa shape index (κ2) is 4.73. The molecule has 15 heavy (non-hydrogen) atoms. The fourth-order valence-electron chi connectivity index (χ4n) is 1.48. The van der Waals surface area contributed by atoms with Crippen molar-refractivity contribution in [3.05, 3.63) is 23.8 Å². The first-order valence-electron chi connectivity index (χ1n) is 4.95. The second-order valence-corrected chi connectivity index (χ2v) is 3.74. The molecule has 2 rings (SSSR count). The third kappa shape index (κ3) is 2.36. The second-order valence-electron chi connectivity index (χ2n) is 3.43. The molecule has 0 saturated carbocycles. The van der Waals surface area contributed by atoms with Gasteiger partial charge in [0.25, 0.3) is 0 Å². The maximum atomic E-state index is 9.57. The zero-order valence-electron chi connectivity index (χ0n) is 8.28. The van der Waals surface area contributed by atoms with Crippen molar-refractivity contribution in [2.75, 3.05) is 19.1 Å². The van der Waals surface area contributed by atoms with E-state index < -0.39 is 6.10 Å². The molecule has 1 atom stereocenters. The van der Waals surface area contributed by atoms with Gasteiger partial charge in [-0.3, -0.25) is 0 Å². The van der Waals surface area contributed by atoms with Gasteiger partial charge in [0.1, 0.15) is 0 Å². The first-order chi connectivity index (χ1) is 7.31. The molecule has 0 radical (unpaired) electrons. The quantitative estimate of drug-likeness (QED) is 0.789. The Kier molecular flexibility index (Phi) is 3.34. The molecule has 1 N–H and O–H groups in total. The number of benzene rings is 1. The van der Waals surface area contributed by atoms with Crippen molar-refractivity contribution in [3.63, 3.8) is 0 Å². The summed E-state index contributed by atoms with van der Waals surface area (Å²) in [6.45, 7) is 1.32. The molecule has 0 aliphatic carbocycles. The SMILES string of the molecule is OC(CCl)c1ccc2c(c1)OCCCO2. The lowest BCUT2D eigenvalue weighted by Gasteiger charge is -2.11. The van der Waals surface area contributed by atoms with Crippen LogP contribution >= 0.6 is 11.6 Å². The summed E-state index contributed by atoms with van der Waals surface area (Å²) in [5, 5.41) is 9.57. The Hall–Kier alpha value is -0.930. The summed E-state index contributed by atoms with van der Waals surface area (Å²) in [4.78, 5) is 0. The Morgan fingerprint density at radius 1 is 1.27 bits per heavy atom.